The minimum absolute atomic E-state index is 0.0258. The van der Waals surface area contributed by atoms with Crippen LogP contribution in [0.2, 0.25) is 0 Å². The molecule has 0 aliphatic carbocycles. The third-order valence-electron chi connectivity index (χ3n) is 5.69. The zero-order chi connectivity index (χ0) is 22.6. The number of hydrogen-bond acceptors (Lipinski definition) is 7. The summed E-state index contributed by atoms with van der Waals surface area (Å²) in [7, 11) is -3.98. The van der Waals surface area contributed by atoms with Gasteiger partial charge in [0.1, 0.15) is 18.4 Å². The van der Waals surface area contributed by atoms with Gasteiger partial charge in [-0.25, -0.2) is 4.57 Å². The Morgan fingerprint density at radius 2 is 1.84 bits per heavy atom. The first-order valence-electron chi connectivity index (χ1n) is 10.7. The maximum Gasteiger partial charge on any atom is 0.459 e. The third-order valence-corrected chi connectivity index (χ3v) is 7.34. The number of carbonyl (C=O) groups excluding carboxylic acids is 2. The molecule has 8 nitrogen and oxygen atoms in total. The lowest BCUT2D eigenvalue weighted by Crippen LogP contribution is -2.41. The third kappa shape index (κ3) is 5.45. The highest BCUT2D eigenvalue weighted by molar-refractivity contribution is 7.52. The highest BCUT2D eigenvalue weighted by atomic mass is 31.2. The minimum Gasteiger partial charge on any atom is -0.460 e. The summed E-state index contributed by atoms with van der Waals surface area (Å²) in [4.78, 5) is 27.0. The van der Waals surface area contributed by atoms with Crippen LogP contribution in [0.3, 0.4) is 0 Å². The molecule has 0 radical (unpaired) electrons. The standard InChI is InChI=1S/C23H27N2O6P/c1-17(23(27)29-15-18-8-4-2-5-9-18)24-32(28,31-20-10-6-3-7-11-20)30-16-21-22(26)19-12-13-25(21)14-19/h2-11,17,19,21H,12-16H2,1H3,(H,24,28)/t17-,19-,21-,32?/m0/s1. The van der Waals surface area contributed by atoms with Crippen molar-refractivity contribution in [3.8, 4) is 5.75 Å². The zero-order valence-electron chi connectivity index (χ0n) is 17.9. The van der Waals surface area contributed by atoms with Crippen molar-refractivity contribution in [1.82, 2.24) is 9.99 Å². The molecular formula is C23H27N2O6P. The second kappa shape index (κ2) is 9.96. The lowest BCUT2D eigenvalue weighted by atomic mass is 9.99. The van der Waals surface area contributed by atoms with Crippen LogP contribution in [0.25, 0.3) is 0 Å². The lowest BCUT2D eigenvalue weighted by molar-refractivity contribution is -0.146. The topological polar surface area (TPSA) is 94.2 Å². The summed E-state index contributed by atoms with van der Waals surface area (Å²) in [5.41, 5.74) is 0.844. The van der Waals surface area contributed by atoms with Crippen molar-refractivity contribution in [1.29, 1.82) is 0 Å². The first-order valence-corrected chi connectivity index (χ1v) is 12.2. The fourth-order valence-corrected chi connectivity index (χ4v) is 5.46. The van der Waals surface area contributed by atoms with Crippen LogP contribution < -0.4 is 9.61 Å². The Hall–Kier alpha value is -2.51. The van der Waals surface area contributed by atoms with Crippen LogP contribution in [0.5, 0.6) is 5.75 Å². The van der Waals surface area contributed by atoms with E-state index in [1.54, 1.807) is 30.3 Å². The Morgan fingerprint density at radius 1 is 1.16 bits per heavy atom. The van der Waals surface area contributed by atoms with Crippen molar-refractivity contribution in [3.63, 3.8) is 0 Å². The van der Waals surface area contributed by atoms with Gasteiger partial charge in [0.2, 0.25) is 0 Å². The number of piperidine rings is 1. The molecule has 2 aromatic rings. The van der Waals surface area contributed by atoms with Gasteiger partial charge < -0.3 is 9.26 Å². The molecule has 0 amide bonds. The zero-order valence-corrected chi connectivity index (χ0v) is 18.8. The molecule has 2 fully saturated rings. The van der Waals surface area contributed by atoms with Gasteiger partial charge in [0.15, 0.2) is 5.78 Å². The van der Waals surface area contributed by atoms with Crippen LogP contribution in [0.4, 0.5) is 0 Å². The van der Waals surface area contributed by atoms with Crippen molar-refractivity contribution in [2.24, 2.45) is 5.92 Å². The van der Waals surface area contributed by atoms with Crippen LogP contribution in [-0.2, 0) is 30.0 Å². The van der Waals surface area contributed by atoms with Gasteiger partial charge in [-0.3, -0.25) is 19.0 Å². The van der Waals surface area contributed by atoms with Crippen LogP contribution in [-0.4, -0.2) is 48.4 Å². The number of rotatable bonds is 10. The number of Topliss-reactive ketones (excluding diaryl/α,β-unsaturated/α-hetero) is 1. The quantitative estimate of drug-likeness (QED) is 0.429. The lowest BCUT2D eigenvalue weighted by Gasteiger charge is -2.27. The Balaban J connectivity index is 1.40. The van der Waals surface area contributed by atoms with Gasteiger partial charge in [-0.05, 0) is 37.6 Å². The van der Waals surface area contributed by atoms with E-state index in [2.05, 4.69) is 5.09 Å². The number of carbonyl (C=O) groups is 2. The van der Waals surface area contributed by atoms with Crippen molar-refractivity contribution < 1.29 is 27.9 Å². The molecule has 32 heavy (non-hydrogen) atoms. The van der Waals surface area contributed by atoms with Gasteiger partial charge in [-0.2, -0.15) is 5.09 Å². The summed E-state index contributed by atoms with van der Waals surface area (Å²) in [5.74, 6) is -0.127. The molecule has 2 aliphatic rings. The SMILES string of the molecule is C[C@H](NP(=O)(OC[C@H]1C(=O)[C@H]2CCN1C2)Oc1ccccc1)C(=O)OCc1ccccc1. The van der Waals surface area contributed by atoms with Crippen molar-refractivity contribution in [3.05, 3.63) is 66.2 Å². The van der Waals surface area contributed by atoms with E-state index >= 15 is 0 Å². The number of nitrogens with one attached hydrogen (secondary N) is 1. The number of esters is 1. The van der Waals surface area contributed by atoms with Gasteiger partial charge in [-0.1, -0.05) is 48.5 Å². The maximum atomic E-state index is 13.5. The van der Waals surface area contributed by atoms with Gasteiger partial charge in [-0.15, -0.1) is 0 Å². The first-order chi connectivity index (χ1) is 15.4. The predicted molar refractivity (Wildman–Crippen MR) is 118 cm³/mol. The fraction of sp³-hybridized carbons (Fsp3) is 0.391. The normalized spacial score (nSPS) is 24.7. The molecule has 5 atom stereocenters. The van der Waals surface area contributed by atoms with Crippen LogP contribution in [0, 0.1) is 5.92 Å². The number of benzene rings is 2. The Labute approximate surface area is 187 Å². The van der Waals surface area contributed by atoms with E-state index in [4.69, 9.17) is 13.8 Å². The smallest absolute Gasteiger partial charge is 0.459 e. The van der Waals surface area contributed by atoms with E-state index in [1.165, 1.54) is 6.92 Å². The van der Waals surface area contributed by atoms with Gasteiger partial charge >= 0.3 is 13.7 Å². The predicted octanol–water partition coefficient (Wildman–Crippen LogP) is 3.18. The summed E-state index contributed by atoms with van der Waals surface area (Å²) in [6, 6.07) is 16.4. The molecule has 2 unspecified atom stereocenters. The number of hydrogen-bond donors (Lipinski definition) is 1. The molecule has 0 saturated carbocycles. The van der Waals surface area contributed by atoms with E-state index in [9.17, 15) is 14.2 Å². The molecule has 0 aromatic heterocycles. The molecule has 1 N–H and O–H groups in total. The molecule has 9 heteroatoms. The largest absolute Gasteiger partial charge is 0.460 e. The van der Waals surface area contributed by atoms with Crippen LogP contribution in [0.1, 0.15) is 18.9 Å². The average Bonchev–Trinajstić information content (AvgIpc) is 3.39. The monoisotopic (exact) mass is 458 g/mol. The highest BCUT2D eigenvalue weighted by Gasteiger charge is 2.46. The number of ketones is 1. The second-order valence-corrected chi connectivity index (χ2v) is 9.73. The molecule has 170 valence electrons. The molecule has 4 rings (SSSR count). The molecular weight excluding hydrogens is 431 g/mol. The van der Waals surface area contributed by atoms with E-state index in [0.29, 0.717) is 12.3 Å². The average molecular weight is 458 g/mol. The van der Waals surface area contributed by atoms with E-state index in [-0.39, 0.29) is 24.9 Å². The summed E-state index contributed by atoms with van der Waals surface area (Å²) >= 11 is 0. The highest BCUT2D eigenvalue weighted by Crippen LogP contribution is 2.46. The molecule has 2 heterocycles. The maximum absolute atomic E-state index is 13.5. The van der Waals surface area contributed by atoms with Crippen LogP contribution in [0.15, 0.2) is 60.7 Å². The van der Waals surface area contributed by atoms with Crippen molar-refractivity contribution in [2.45, 2.75) is 32.0 Å². The summed E-state index contributed by atoms with van der Waals surface area (Å²) in [6.45, 7) is 3.10. The number of fused-ring (bicyclic) bond motifs is 2. The van der Waals surface area contributed by atoms with E-state index in [1.807, 2.05) is 35.2 Å². The number of nitrogens with zero attached hydrogens (tertiary/aromatic N) is 1. The Bertz CT molecular complexity index is 986. The van der Waals surface area contributed by atoms with Gasteiger partial charge in [0, 0.05) is 12.5 Å². The molecule has 2 bridgehead atoms. The second-order valence-electron chi connectivity index (χ2n) is 8.04. The number of para-hydroxylation sites is 1. The van der Waals surface area contributed by atoms with Crippen molar-refractivity contribution >= 4 is 19.5 Å². The van der Waals surface area contributed by atoms with Gasteiger partial charge in [0.25, 0.3) is 0 Å². The van der Waals surface area contributed by atoms with E-state index < -0.39 is 25.8 Å². The molecule has 2 saturated heterocycles. The first kappa shape index (κ1) is 22.7. The number of ether oxygens (including phenoxy) is 1. The van der Waals surface area contributed by atoms with Gasteiger partial charge in [0.05, 0.1) is 12.6 Å². The minimum atomic E-state index is -3.98. The van der Waals surface area contributed by atoms with Crippen LogP contribution >= 0.6 is 7.75 Å². The summed E-state index contributed by atoms with van der Waals surface area (Å²) in [5, 5.41) is 2.67. The van der Waals surface area contributed by atoms with E-state index in [0.717, 1.165) is 18.5 Å². The molecule has 2 aliphatic heterocycles. The molecule has 2 aromatic carbocycles. The fourth-order valence-electron chi connectivity index (χ4n) is 3.96. The summed E-state index contributed by atoms with van der Waals surface area (Å²) in [6.07, 6.45) is 0.857. The van der Waals surface area contributed by atoms with Crippen molar-refractivity contribution in [2.75, 3.05) is 19.7 Å². The molecule has 0 spiro atoms. The Kier molecular flexibility index (Phi) is 7.06. The Morgan fingerprint density at radius 3 is 2.50 bits per heavy atom. The summed E-state index contributed by atoms with van der Waals surface area (Å²) < 4.78 is 30.2.